The standard InChI is InChI=1S/C19H24ClN3O6/c1-28-18(26)13-6-8-23(9-7-13)16(24)11-29-17(25)10-15(22-19(21)27)12-2-4-14(20)5-3-12/h2-5,13,15H,6-11H2,1H3,(H3,21,22,27)/t15-/m1/s1. The van der Waals surface area contributed by atoms with Crippen LogP contribution in [-0.2, 0) is 23.9 Å². The number of nitrogens with two attached hydrogens (primary N) is 1. The van der Waals surface area contributed by atoms with Gasteiger partial charge in [-0.2, -0.15) is 0 Å². The van der Waals surface area contributed by atoms with E-state index >= 15 is 0 Å². The number of amides is 3. The molecule has 1 aliphatic rings. The van der Waals surface area contributed by atoms with E-state index < -0.39 is 24.6 Å². The largest absolute Gasteiger partial charge is 0.469 e. The smallest absolute Gasteiger partial charge is 0.312 e. The number of carbonyl (C=O) groups excluding carboxylic acids is 4. The fourth-order valence-corrected chi connectivity index (χ4v) is 3.24. The number of hydrogen-bond donors (Lipinski definition) is 2. The van der Waals surface area contributed by atoms with E-state index in [0.717, 1.165) is 0 Å². The van der Waals surface area contributed by atoms with E-state index in [1.165, 1.54) is 7.11 Å². The second kappa shape index (κ2) is 10.7. The van der Waals surface area contributed by atoms with Crippen molar-refractivity contribution in [1.82, 2.24) is 10.2 Å². The third-order valence-electron chi connectivity index (χ3n) is 4.70. The molecule has 1 saturated heterocycles. The topological polar surface area (TPSA) is 128 Å². The van der Waals surface area contributed by atoms with Crippen LogP contribution in [0.3, 0.4) is 0 Å². The van der Waals surface area contributed by atoms with Gasteiger partial charge in [-0.05, 0) is 30.5 Å². The van der Waals surface area contributed by atoms with E-state index in [1.54, 1.807) is 29.2 Å². The summed E-state index contributed by atoms with van der Waals surface area (Å²) in [5, 5.41) is 2.98. The number of ether oxygens (including phenoxy) is 2. The van der Waals surface area contributed by atoms with Crippen LogP contribution in [0, 0.1) is 5.92 Å². The highest BCUT2D eigenvalue weighted by molar-refractivity contribution is 6.30. The molecule has 1 aromatic rings. The van der Waals surface area contributed by atoms with Gasteiger partial charge in [-0.15, -0.1) is 0 Å². The van der Waals surface area contributed by atoms with Gasteiger partial charge in [0.2, 0.25) is 0 Å². The average molecular weight is 426 g/mol. The zero-order valence-corrected chi connectivity index (χ0v) is 16.8. The van der Waals surface area contributed by atoms with Gasteiger partial charge in [-0.3, -0.25) is 14.4 Å². The molecule has 3 N–H and O–H groups in total. The van der Waals surface area contributed by atoms with Crippen LogP contribution in [0.25, 0.3) is 0 Å². The number of esters is 2. The number of nitrogens with zero attached hydrogens (tertiary/aromatic N) is 1. The Morgan fingerprint density at radius 2 is 1.83 bits per heavy atom. The first-order valence-corrected chi connectivity index (χ1v) is 9.50. The number of primary amides is 1. The number of benzene rings is 1. The summed E-state index contributed by atoms with van der Waals surface area (Å²) < 4.78 is 9.78. The lowest BCUT2D eigenvalue weighted by Gasteiger charge is -2.30. The normalized spacial score (nSPS) is 15.3. The predicted octanol–water partition coefficient (Wildman–Crippen LogP) is 1.39. The quantitative estimate of drug-likeness (QED) is 0.635. The number of rotatable bonds is 7. The maximum absolute atomic E-state index is 12.2. The molecule has 1 atom stereocenters. The monoisotopic (exact) mass is 425 g/mol. The van der Waals surface area contributed by atoms with Gasteiger partial charge in [0.15, 0.2) is 6.61 Å². The maximum Gasteiger partial charge on any atom is 0.312 e. The summed E-state index contributed by atoms with van der Waals surface area (Å²) in [6, 6.07) is 5.07. The zero-order chi connectivity index (χ0) is 21.4. The fourth-order valence-electron chi connectivity index (χ4n) is 3.11. The maximum atomic E-state index is 12.2. The van der Waals surface area contributed by atoms with E-state index in [2.05, 4.69) is 5.32 Å². The SMILES string of the molecule is COC(=O)C1CCN(C(=O)COC(=O)C[C@@H](NC(N)=O)c2ccc(Cl)cc2)CC1. The minimum Gasteiger partial charge on any atom is -0.469 e. The lowest BCUT2D eigenvalue weighted by molar-refractivity contribution is -0.154. The molecule has 0 aromatic heterocycles. The van der Waals surface area contributed by atoms with Crippen molar-refractivity contribution >= 4 is 35.5 Å². The molecule has 0 radical (unpaired) electrons. The van der Waals surface area contributed by atoms with Crippen molar-refractivity contribution in [3.05, 3.63) is 34.9 Å². The number of carbonyl (C=O) groups is 4. The highest BCUT2D eigenvalue weighted by Gasteiger charge is 2.28. The summed E-state index contributed by atoms with van der Waals surface area (Å²) in [7, 11) is 1.34. The van der Waals surface area contributed by atoms with Gasteiger partial charge in [-0.25, -0.2) is 4.79 Å². The van der Waals surface area contributed by atoms with Crippen molar-refractivity contribution in [2.24, 2.45) is 11.7 Å². The molecule has 2 rings (SSSR count). The van der Waals surface area contributed by atoms with Crippen LogP contribution in [0.15, 0.2) is 24.3 Å². The summed E-state index contributed by atoms with van der Waals surface area (Å²) in [5.74, 6) is -1.49. The van der Waals surface area contributed by atoms with Crippen molar-refractivity contribution < 1.29 is 28.7 Å². The van der Waals surface area contributed by atoms with Gasteiger partial charge in [0, 0.05) is 18.1 Å². The van der Waals surface area contributed by atoms with E-state index in [-0.39, 0.29) is 24.2 Å². The molecule has 1 aromatic carbocycles. The molecule has 0 bridgehead atoms. The van der Waals surface area contributed by atoms with E-state index in [9.17, 15) is 19.2 Å². The second-order valence-electron chi connectivity index (χ2n) is 6.66. The highest BCUT2D eigenvalue weighted by Crippen LogP contribution is 2.21. The number of methoxy groups -OCH3 is 1. The second-order valence-corrected chi connectivity index (χ2v) is 7.09. The molecule has 1 heterocycles. The lowest BCUT2D eigenvalue weighted by atomic mass is 9.97. The molecule has 1 fully saturated rings. The molecule has 0 unspecified atom stereocenters. The molecule has 1 aliphatic heterocycles. The summed E-state index contributed by atoms with van der Waals surface area (Å²) in [6.45, 7) is 0.380. The molecular formula is C19H24ClN3O6. The van der Waals surface area contributed by atoms with E-state index in [1.807, 2.05) is 0 Å². The summed E-state index contributed by atoms with van der Waals surface area (Å²) >= 11 is 5.85. The number of halogens is 1. The molecular weight excluding hydrogens is 402 g/mol. The fraction of sp³-hybridized carbons (Fsp3) is 0.474. The van der Waals surface area contributed by atoms with Crippen molar-refractivity contribution in [3.8, 4) is 0 Å². The number of hydrogen-bond acceptors (Lipinski definition) is 6. The van der Waals surface area contributed by atoms with Gasteiger partial charge in [0.25, 0.3) is 5.91 Å². The Morgan fingerprint density at radius 3 is 2.38 bits per heavy atom. The van der Waals surface area contributed by atoms with E-state index in [4.69, 9.17) is 26.8 Å². The average Bonchev–Trinajstić information content (AvgIpc) is 2.71. The van der Waals surface area contributed by atoms with Crippen LogP contribution < -0.4 is 11.1 Å². The molecule has 158 valence electrons. The first-order chi connectivity index (χ1) is 13.8. The van der Waals surface area contributed by atoms with Crippen LogP contribution in [0.5, 0.6) is 0 Å². The van der Waals surface area contributed by atoms with Gasteiger partial charge in [0.1, 0.15) is 0 Å². The lowest BCUT2D eigenvalue weighted by Crippen LogP contribution is -2.42. The molecule has 0 aliphatic carbocycles. The van der Waals surface area contributed by atoms with Crippen molar-refractivity contribution in [2.45, 2.75) is 25.3 Å². The van der Waals surface area contributed by atoms with Gasteiger partial charge < -0.3 is 25.4 Å². The third-order valence-corrected chi connectivity index (χ3v) is 4.95. The van der Waals surface area contributed by atoms with Crippen LogP contribution >= 0.6 is 11.6 Å². The van der Waals surface area contributed by atoms with Gasteiger partial charge in [-0.1, -0.05) is 23.7 Å². The Kier molecular flexibility index (Phi) is 8.26. The number of urea groups is 1. The summed E-state index contributed by atoms with van der Waals surface area (Å²) in [5.41, 5.74) is 5.80. The van der Waals surface area contributed by atoms with Crippen LogP contribution in [-0.4, -0.2) is 55.6 Å². The molecule has 10 heteroatoms. The third kappa shape index (κ3) is 6.94. The molecule has 29 heavy (non-hydrogen) atoms. The van der Waals surface area contributed by atoms with Gasteiger partial charge >= 0.3 is 18.0 Å². The summed E-state index contributed by atoms with van der Waals surface area (Å²) in [6.07, 6.45) is 0.823. The minimum atomic E-state index is -0.790. The van der Waals surface area contributed by atoms with Gasteiger partial charge in [0.05, 0.1) is 25.5 Å². The van der Waals surface area contributed by atoms with Crippen LogP contribution in [0.1, 0.15) is 30.9 Å². The van der Waals surface area contributed by atoms with Crippen LogP contribution in [0.2, 0.25) is 5.02 Å². The first-order valence-electron chi connectivity index (χ1n) is 9.12. The Labute approximate surface area is 173 Å². The molecule has 0 saturated carbocycles. The zero-order valence-electron chi connectivity index (χ0n) is 16.1. The Balaban J connectivity index is 1.84. The summed E-state index contributed by atoms with van der Waals surface area (Å²) in [4.78, 5) is 48.7. The van der Waals surface area contributed by atoms with Crippen molar-refractivity contribution in [1.29, 1.82) is 0 Å². The minimum absolute atomic E-state index is 0.192. The Bertz CT molecular complexity index is 747. The van der Waals surface area contributed by atoms with Crippen LogP contribution in [0.4, 0.5) is 4.79 Å². The predicted molar refractivity (Wildman–Crippen MR) is 104 cm³/mol. The van der Waals surface area contributed by atoms with E-state index in [0.29, 0.717) is 36.5 Å². The van der Waals surface area contributed by atoms with Crippen molar-refractivity contribution in [2.75, 3.05) is 26.8 Å². The first kappa shape index (κ1) is 22.5. The molecule has 0 spiro atoms. The highest BCUT2D eigenvalue weighted by atomic mass is 35.5. The molecule has 3 amide bonds. The molecule has 9 nitrogen and oxygen atoms in total. The van der Waals surface area contributed by atoms with Crippen molar-refractivity contribution in [3.63, 3.8) is 0 Å². The Morgan fingerprint density at radius 1 is 1.21 bits per heavy atom. The number of nitrogens with one attached hydrogen (secondary N) is 1. The number of piperidine rings is 1. The Hall–Kier alpha value is -2.81. The number of likely N-dealkylation sites (tertiary alicyclic amines) is 1.